The Labute approximate surface area is 132 Å². The van der Waals surface area contributed by atoms with Crippen LogP contribution < -0.4 is 5.32 Å². The van der Waals surface area contributed by atoms with E-state index in [9.17, 15) is 4.79 Å². The molecule has 1 atom stereocenters. The molecule has 2 heterocycles. The topological polar surface area (TPSA) is 81.9 Å². The molecular formula is C14H17N5O2S. The number of hydrogen-bond acceptors (Lipinski definition) is 6. The normalized spacial score (nSPS) is 17.0. The molecule has 0 saturated carbocycles. The first kappa shape index (κ1) is 15.0. The lowest BCUT2D eigenvalue weighted by molar-refractivity contribution is -0.119. The Hall–Kier alpha value is -1.93. The van der Waals surface area contributed by atoms with Gasteiger partial charge in [-0.05, 0) is 21.6 Å². The molecule has 0 bridgehead atoms. The number of hydrogen-bond donors (Lipinski definition) is 1. The molecule has 1 unspecified atom stereocenters. The van der Waals surface area contributed by atoms with Gasteiger partial charge in [0.15, 0.2) is 0 Å². The van der Waals surface area contributed by atoms with E-state index in [4.69, 9.17) is 4.74 Å². The Morgan fingerprint density at radius 3 is 3.05 bits per heavy atom. The summed E-state index contributed by atoms with van der Waals surface area (Å²) in [5.41, 5.74) is 2.53. The van der Waals surface area contributed by atoms with Crippen molar-refractivity contribution in [2.24, 2.45) is 7.05 Å². The fraction of sp³-hybridized carbons (Fsp3) is 0.429. The molecule has 0 spiro atoms. The number of carbonyl (C=O) groups excluding carboxylic acids is 1. The minimum absolute atomic E-state index is 0.0281. The van der Waals surface area contributed by atoms with Crippen LogP contribution in [0.5, 0.6) is 0 Å². The van der Waals surface area contributed by atoms with Crippen molar-refractivity contribution >= 4 is 17.7 Å². The van der Waals surface area contributed by atoms with Gasteiger partial charge in [0.05, 0.1) is 18.5 Å². The van der Waals surface area contributed by atoms with Gasteiger partial charge in [-0.1, -0.05) is 36.0 Å². The summed E-state index contributed by atoms with van der Waals surface area (Å²) >= 11 is 1.31. The number of nitrogens with one attached hydrogen (secondary N) is 1. The Bertz CT molecular complexity index is 660. The Kier molecular flexibility index (Phi) is 4.69. The summed E-state index contributed by atoms with van der Waals surface area (Å²) in [6.45, 7) is 1.13. The van der Waals surface area contributed by atoms with Crippen LogP contribution in [0.3, 0.4) is 0 Å². The van der Waals surface area contributed by atoms with Gasteiger partial charge in [-0.15, -0.1) is 5.10 Å². The van der Waals surface area contributed by atoms with Crippen LogP contribution in [0.1, 0.15) is 11.1 Å². The van der Waals surface area contributed by atoms with Gasteiger partial charge in [-0.25, -0.2) is 4.68 Å². The molecule has 116 valence electrons. The summed E-state index contributed by atoms with van der Waals surface area (Å²) in [6.07, 6.45) is 0.858. The molecule has 22 heavy (non-hydrogen) atoms. The van der Waals surface area contributed by atoms with Crippen LogP contribution in [0.25, 0.3) is 0 Å². The molecule has 1 aromatic heterocycles. The van der Waals surface area contributed by atoms with Crippen LogP contribution in [0.15, 0.2) is 29.4 Å². The average molecular weight is 319 g/mol. The van der Waals surface area contributed by atoms with Gasteiger partial charge in [-0.2, -0.15) is 0 Å². The summed E-state index contributed by atoms with van der Waals surface area (Å²) in [5, 5.41) is 14.6. The zero-order chi connectivity index (χ0) is 15.4. The third kappa shape index (κ3) is 3.63. The lowest BCUT2D eigenvalue weighted by atomic mass is 9.99. The Balaban J connectivity index is 1.43. The number of ether oxygens (including phenoxy) is 1. The lowest BCUT2D eigenvalue weighted by Crippen LogP contribution is -2.37. The van der Waals surface area contributed by atoms with Crippen LogP contribution in [-0.2, 0) is 29.6 Å². The summed E-state index contributed by atoms with van der Waals surface area (Å²) in [4.78, 5) is 11.9. The lowest BCUT2D eigenvalue weighted by Gasteiger charge is -2.25. The van der Waals surface area contributed by atoms with Gasteiger partial charge >= 0.3 is 0 Å². The quantitative estimate of drug-likeness (QED) is 0.811. The molecule has 2 aromatic rings. The van der Waals surface area contributed by atoms with E-state index < -0.39 is 0 Å². The van der Waals surface area contributed by atoms with E-state index >= 15 is 0 Å². The van der Waals surface area contributed by atoms with E-state index in [1.807, 2.05) is 12.1 Å². The highest BCUT2D eigenvalue weighted by Gasteiger charge is 2.19. The van der Waals surface area contributed by atoms with Crippen LogP contribution in [0.2, 0.25) is 0 Å². The second-order valence-electron chi connectivity index (χ2n) is 5.08. The highest BCUT2D eigenvalue weighted by Crippen LogP contribution is 2.19. The van der Waals surface area contributed by atoms with Crippen molar-refractivity contribution in [3.05, 3.63) is 35.4 Å². The highest BCUT2D eigenvalue weighted by atomic mass is 32.2. The predicted octanol–water partition coefficient (Wildman–Crippen LogP) is 0.560. The second-order valence-corrected chi connectivity index (χ2v) is 6.03. The summed E-state index contributed by atoms with van der Waals surface area (Å²) < 4.78 is 7.31. The number of benzene rings is 1. The number of thioether (sulfide) groups is 1. The Morgan fingerprint density at radius 2 is 2.27 bits per heavy atom. The monoisotopic (exact) mass is 319 g/mol. The van der Waals surface area contributed by atoms with Crippen molar-refractivity contribution in [2.45, 2.75) is 24.3 Å². The molecule has 1 aliphatic heterocycles. The minimum atomic E-state index is -0.0459. The fourth-order valence-electron chi connectivity index (χ4n) is 2.29. The molecular weight excluding hydrogens is 302 g/mol. The first-order valence-electron chi connectivity index (χ1n) is 7.02. The summed E-state index contributed by atoms with van der Waals surface area (Å²) in [7, 11) is 1.74. The van der Waals surface area contributed by atoms with Crippen molar-refractivity contribution in [2.75, 3.05) is 12.3 Å². The molecule has 0 aliphatic carbocycles. The average Bonchev–Trinajstić information content (AvgIpc) is 2.96. The van der Waals surface area contributed by atoms with Crippen molar-refractivity contribution in [1.82, 2.24) is 25.5 Å². The third-order valence-electron chi connectivity index (χ3n) is 3.48. The maximum Gasteiger partial charge on any atom is 0.230 e. The van der Waals surface area contributed by atoms with Gasteiger partial charge in [0.25, 0.3) is 0 Å². The van der Waals surface area contributed by atoms with Crippen LogP contribution >= 0.6 is 11.8 Å². The molecule has 3 rings (SSSR count). The number of amides is 1. The number of nitrogens with zero attached hydrogens (tertiary/aromatic N) is 4. The number of rotatable bonds is 5. The van der Waals surface area contributed by atoms with Crippen molar-refractivity contribution < 1.29 is 9.53 Å². The van der Waals surface area contributed by atoms with Gasteiger partial charge < -0.3 is 10.1 Å². The largest absolute Gasteiger partial charge is 0.371 e. The third-order valence-corrected chi connectivity index (χ3v) is 4.49. The highest BCUT2D eigenvalue weighted by molar-refractivity contribution is 7.99. The second kappa shape index (κ2) is 6.89. The van der Waals surface area contributed by atoms with Gasteiger partial charge in [0.1, 0.15) is 0 Å². The molecule has 8 heteroatoms. The number of tetrazole rings is 1. The predicted molar refractivity (Wildman–Crippen MR) is 81.3 cm³/mol. The van der Waals surface area contributed by atoms with Crippen molar-refractivity contribution in [3.8, 4) is 0 Å². The summed E-state index contributed by atoms with van der Waals surface area (Å²) in [5.74, 6) is 0.243. The SMILES string of the molecule is Cn1nnnc1SCC(=O)NCC1Cc2ccccc2CO1. The van der Waals surface area contributed by atoms with E-state index in [0.717, 1.165) is 6.42 Å². The van der Waals surface area contributed by atoms with Gasteiger partial charge in [0, 0.05) is 20.0 Å². The maximum atomic E-state index is 11.9. The zero-order valence-electron chi connectivity index (χ0n) is 12.2. The molecule has 0 saturated heterocycles. The standard InChI is InChI=1S/C14H17N5O2S/c1-19-14(16-17-18-19)22-9-13(20)15-7-12-6-10-4-2-3-5-11(10)8-21-12/h2-5,12H,6-9H2,1H3,(H,15,20). The molecule has 1 aromatic carbocycles. The Morgan fingerprint density at radius 1 is 1.45 bits per heavy atom. The van der Waals surface area contributed by atoms with Gasteiger partial charge in [0.2, 0.25) is 11.1 Å². The van der Waals surface area contributed by atoms with Crippen molar-refractivity contribution in [3.63, 3.8) is 0 Å². The number of aromatic nitrogens is 4. The maximum absolute atomic E-state index is 11.9. The van der Waals surface area contributed by atoms with E-state index in [2.05, 4.69) is 33.0 Å². The number of aryl methyl sites for hydroxylation is 1. The summed E-state index contributed by atoms with van der Waals surface area (Å²) in [6, 6.07) is 8.24. The molecule has 1 aliphatic rings. The first-order chi connectivity index (χ1) is 10.7. The molecule has 0 fully saturated rings. The minimum Gasteiger partial charge on any atom is -0.371 e. The zero-order valence-corrected chi connectivity index (χ0v) is 13.0. The van der Waals surface area contributed by atoms with Crippen LogP contribution in [-0.4, -0.2) is 44.5 Å². The van der Waals surface area contributed by atoms with Crippen molar-refractivity contribution in [1.29, 1.82) is 0 Å². The van der Waals surface area contributed by atoms with Gasteiger partial charge in [-0.3, -0.25) is 4.79 Å². The van der Waals surface area contributed by atoms with Crippen LogP contribution in [0.4, 0.5) is 0 Å². The molecule has 1 N–H and O–H groups in total. The molecule has 0 radical (unpaired) electrons. The van der Waals surface area contributed by atoms with E-state index in [1.54, 1.807) is 11.7 Å². The van der Waals surface area contributed by atoms with E-state index in [1.165, 1.54) is 22.9 Å². The fourth-order valence-corrected chi connectivity index (χ4v) is 2.97. The smallest absolute Gasteiger partial charge is 0.230 e. The van der Waals surface area contributed by atoms with E-state index in [0.29, 0.717) is 18.3 Å². The molecule has 1 amide bonds. The number of carbonyl (C=O) groups is 1. The van der Waals surface area contributed by atoms with E-state index in [-0.39, 0.29) is 17.8 Å². The number of fused-ring (bicyclic) bond motifs is 1. The first-order valence-corrected chi connectivity index (χ1v) is 8.01. The van der Waals surface area contributed by atoms with Crippen LogP contribution in [0, 0.1) is 0 Å². The molecule has 7 nitrogen and oxygen atoms in total.